The van der Waals surface area contributed by atoms with Crippen LogP contribution in [0.2, 0.25) is 0 Å². The highest BCUT2D eigenvalue weighted by molar-refractivity contribution is 8.18. The van der Waals surface area contributed by atoms with Crippen LogP contribution in [0.4, 0.5) is 10.5 Å². The summed E-state index contributed by atoms with van der Waals surface area (Å²) in [7, 11) is 0. The summed E-state index contributed by atoms with van der Waals surface area (Å²) in [5.74, 6) is -0.282. The molecule has 3 amide bonds. The number of anilines is 1. The maximum absolute atomic E-state index is 12.6. The molecule has 1 aliphatic rings. The van der Waals surface area contributed by atoms with E-state index < -0.39 is 17.1 Å². The molecule has 29 heavy (non-hydrogen) atoms. The number of rotatable bonds is 8. The molecule has 2 heterocycles. The van der Waals surface area contributed by atoms with Crippen LogP contribution >= 0.6 is 11.8 Å². The van der Waals surface area contributed by atoms with Crippen molar-refractivity contribution in [1.82, 2.24) is 10.2 Å². The van der Waals surface area contributed by atoms with Crippen LogP contribution in [-0.2, 0) is 16.1 Å². The van der Waals surface area contributed by atoms with E-state index in [0.717, 1.165) is 41.0 Å². The van der Waals surface area contributed by atoms with Gasteiger partial charge in [-0.25, -0.2) is 0 Å². The van der Waals surface area contributed by atoms with Crippen molar-refractivity contribution in [2.75, 3.05) is 24.5 Å². The van der Waals surface area contributed by atoms with Gasteiger partial charge in [0.1, 0.15) is 12.3 Å². The van der Waals surface area contributed by atoms with E-state index in [4.69, 9.17) is 4.42 Å². The SMILES string of the molecule is CCN(CC)c1ccc(/C=C2\SC(=O)N(CC(=O)NCc3ccco3)C2=O)cc1. The van der Waals surface area contributed by atoms with Gasteiger partial charge in [-0.15, -0.1) is 0 Å². The van der Waals surface area contributed by atoms with E-state index in [1.54, 1.807) is 18.2 Å². The van der Waals surface area contributed by atoms with Gasteiger partial charge in [0, 0.05) is 18.8 Å². The van der Waals surface area contributed by atoms with Gasteiger partial charge in [0.15, 0.2) is 0 Å². The Hall–Kier alpha value is -3.00. The molecule has 1 N–H and O–H groups in total. The fraction of sp³-hybridized carbons (Fsp3) is 0.286. The van der Waals surface area contributed by atoms with E-state index in [2.05, 4.69) is 24.1 Å². The van der Waals surface area contributed by atoms with E-state index in [1.807, 2.05) is 24.3 Å². The van der Waals surface area contributed by atoms with Crippen molar-refractivity contribution in [3.05, 3.63) is 58.9 Å². The fourth-order valence-corrected chi connectivity index (χ4v) is 3.79. The number of hydrogen-bond acceptors (Lipinski definition) is 6. The summed E-state index contributed by atoms with van der Waals surface area (Å²) >= 11 is 0.844. The third kappa shape index (κ3) is 5.08. The van der Waals surface area contributed by atoms with E-state index in [9.17, 15) is 14.4 Å². The summed E-state index contributed by atoms with van der Waals surface area (Å²) in [6.07, 6.45) is 3.19. The fourth-order valence-electron chi connectivity index (χ4n) is 2.96. The lowest BCUT2D eigenvalue weighted by Gasteiger charge is -2.20. The number of nitrogens with zero attached hydrogens (tertiary/aromatic N) is 2. The van der Waals surface area contributed by atoms with E-state index >= 15 is 0 Å². The van der Waals surface area contributed by atoms with Crippen LogP contribution in [0.25, 0.3) is 6.08 Å². The number of furan rings is 1. The van der Waals surface area contributed by atoms with Crippen LogP contribution < -0.4 is 10.2 Å². The Balaban J connectivity index is 1.62. The summed E-state index contributed by atoms with van der Waals surface area (Å²) in [5, 5.41) is 2.18. The predicted octanol–water partition coefficient (Wildman–Crippen LogP) is 3.48. The molecule has 0 radical (unpaired) electrons. The minimum atomic E-state index is -0.457. The van der Waals surface area contributed by atoms with Gasteiger partial charge < -0.3 is 14.6 Å². The minimum absolute atomic E-state index is 0.205. The van der Waals surface area contributed by atoms with Gasteiger partial charge in [0.2, 0.25) is 5.91 Å². The molecule has 0 unspecified atom stereocenters. The number of carbonyl (C=O) groups excluding carboxylic acids is 3. The lowest BCUT2D eigenvalue weighted by atomic mass is 10.1. The first-order valence-corrected chi connectivity index (χ1v) is 10.2. The second kappa shape index (κ2) is 9.47. The van der Waals surface area contributed by atoms with Crippen molar-refractivity contribution in [2.24, 2.45) is 0 Å². The Kier molecular flexibility index (Phi) is 6.77. The Morgan fingerprint density at radius 3 is 2.52 bits per heavy atom. The van der Waals surface area contributed by atoms with Crippen molar-refractivity contribution < 1.29 is 18.8 Å². The number of imide groups is 1. The second-order valence-electron chi connectivity index (χ2n) is 6.39. The molecule has 1 aliphatic heterocycles. The Bertz CT molecular complexity index is 903. The standard InChI is InChI=1S/C21H23N3O4S/c1-3-23(4-2)16-9-7-15(8-10-16)12-18-20(26)24(21(27)29-18)14-19(25)22-13-17-6-5-11-28-17/h5-12H,3-4,13-14H2,1-2H3,(H,22,25)/b18-12-. The molecule has 0 bridgehead atoms. The molecule has 8 heteroatoms. The van der Waals surface area contributed by atoms with Crippen LogP contribution in [0.5, 0.6) is 0 Å². The number of hydrogen-bond donors (Lipinski definition) is 1. The highest BCUT2D eigenvalue weighted by Gasteiger charge is 2.36. The maximum atomic E-state index is 12.6. The molecule has 1 saturated heterocycles. The van der Waals surface area contributed by atoms with Gasteiger partial charge in [-0.05, 0) is 61.5 Å². The molecule has 1 fully saturated rings. The molecule has 7 nitrogen and oxygen atoms in total. The summed E-state index contributed by atoms with van der Waals surface area (Å²) in [5.41, 5.74) is 1.93. The average molecular weight is 413 g/mol. The van der Waals surface area contributed by atoms with Gasteiger partial charge in [0.25, 0.3) is 11.1 Å². The van der Waals surface area contributed by atoms with Crippen LogP contribution in [0.1, 0.15) is 25.2 Å². The van der Waals surface area contributed by atoms with Crippen molar-refractivity contribution in [1.29, 1.82) is 0 Å². The van der Waals surface area contributed by atoms with Crippen molar-refractivity contribution in [3.8, 4) is 0 Å². The molecule has 0 atom stereocenters. The molecule has 0 spiro atoms. The summed E-state index contributed by atoms with van der Waals surface area (Å²) in [6, 6.07) is 11.3. The first kappa shape index (κ1) is 20.7. The number of benzene rings is 1. The molecule has 0 saturated carbocycles. The van der Waals surface area contributed by atoms with Crippen LogP contribution in [-0.4, -0.2) is 41.6 Å². The first-order valence-electron chi connectivity index (χ1n) is 9.41. The van der Waals surface area contributed by atoms with Crippen LogP contribution in [0.15, 0.2) is 52.0 Å². The van der Waals surface area contributed by atoms with E-state index in [1.165, 1.54) is 6.26 Å². The van der Waals surface area contributed by atoms with Crippen molar-refractivity contribution in [3.63, 3.8) is 0 Å². The van der Waals surface area contributed by atoms with Gasteiger partial charge in [0.05, 0.1) is 17.7 Å². The molecular weight excluding hydrogens is 390 g/mol. The maximum Gasteiger partial charge on any atom is 0.294 e. The molecule has 1 aromatic heterocycles. The van der Waals surface area contributed by atoms with Crippen molar-refractivity contribution >= 4 is 40.6 Å². The summed E-state index contributed by atoms with van der Waals surface area (Å²) in [4.78, 5) is 40.3. The monoisotopic (exact) mass is 413 g/mol. The van der Waals surface area contributed by atoms with Gasteiger partial charge in [-0.1, -0.05) is 12.1 Å². The zero-order valence-electron chi connectivity index (χ0n) is 16.4. The second-order valence-corrected chi connectivity index (χ2v) is 7.38. The van der Waals surface area contributed by atoms with Crippen molar-refractivity contribution in [2.45, 2.75) is 20.4 Å². The number of amides is 3. The molecule has 2 aromatic rings. The van der Waals surface area contributed by atoms with Gasteiger partial charge in [-0.3, -0.25) is 19.3 Å². The largest absolute Gasteiger partial charge is 0.467 e. The number of carbonyl (C=O) groups is 3. The zero-order valence-corrected chi connectivity index (χ0v) is 17.2. The Morgan fingerprint density at radius 1 is 1.17 bits per heavy atom. The lowest BCUT2D eigenvalue weighted by molar-refractivity contribution is -0.129. The number of nitrogens with one attached hydrogen (secondary N) is 1. The van der Waals surface area contributed by atoms with Gasteiger partial charge >= 0.3 is 0 Å². The lowest BCUT2D eigenvalue weighted by Crippen LogP contribution is -2.39. The summed E-state index contributed by atoms with van der Waals surface area (Å²) in [6.45, 7) is 5.91. The predicted molar refractivity (Wildman–Crippen MR) is 113 cm³/mol. The average Bonchev–Trinajstić information content (AvgIpc) is 3.33. The molecule has 3 rings (SSSR count). The molecule has 152 valence electrons. The third-order valence-corrected chi connectivity index (χ3v) is 5.44. The smallest absolute Gasteiger partial charge is 0.294 e. The molecular formula is C21H23N3O4S. The highest BCUT2D eigenvalue weighted by atomic mass is 32.2. The minimum Gasteiger partial charge on any atom is -0.467 e. The highest BCUT2D eigenvalue weighted by Crippen LogP contribution is 2.32. The Morgan fingerprint density at radius 2 is 1.90 bits per heavy atom. The Labute approximate surface area is 173 Å². The topological polar surface area (TPSA) is 82.9 Å². The van der Waals surface area contributed by atoms with Crippen LogP contribution in [0, 0.1) is 0 Å². The zero-order chi connectivity index (χ0) is 20.8. The number of thioether (sulfide) groups is 1. The molecule has 1 aromatic carbocycles. The van der Waals surface area contributed by atoms with Crippen LogP contribution in [0.3, 0.4) is 0 Å². The first-order chi connectivity index (χ1) is 14.0. The quantitative estimate of drug-likeness (QED) is 0.667. The van der Waals surface area contributed by atoms with Gasteiger partial charge in [-0.2, -0.15) is 0 Å². The van der Waals surface area contributed by atoms with E-state index in [0.29, 0.717) is 10.7 Å². The third-order valence-electron chi connectivity index (χ3n) is 4.53. The normalized spacial score (nSPS) is 15.2. The molecule has 0 aliphatic carbocycles. The van der Waals surface area contributed by atoms with E-state index in [-0.39, 0.29) is 13.1 Å². The summed E-state index contributed by atoms with van der Waals surface area (Å²) < 4.78 is 5.14.